The number of halogens is 1. The first-order valence-corrected chi connectivity index (χ1v) is 9.86. The number of nitrogens with zero attached hydrogens (tertiary/aromatic N) is 3. The maximum absolute atomic E-state index is 11.6. The molecule has 2 aliphatic heterocycles. The summed E-state index contributed by atoms with van der Waals surface area (Å²) in [6, 6.07) is 5.68. The fourth-order valence-corrected chi connectivity index (χ4v) is 3.71. The molecule has 1 atom stereocenters. The topological polar surface area (TPSA) is 79.4 Å². The van der Waals surface area contributed by atoms with Crippen LogP contribution in [0.2, 0.25) is 5.02 Å². The van der Waals surface area contributed by atoms with Gasteiger partial charge in [0.25, 0.3) is 0 Å². The minimum atomic E-state index is 0.0997. The number of ether oxygens (including phenoxy) is 1. The van der Waals surface area contributed by atoms with Crippen LogP contribution in [-0.4, -0.2) is 59.7 Å². The van der Waals surface area contributed by atoms with Crippen LogP contribution in [0.25, 0.3) is 10.9 Å². The first-order valence-electron chi connectivity index (χ1n) is 9.48. The van der Waals surface area contributed by atoms with Gasteiger partial charge in [0.1, 0.15) is 11.6 Å². The fraction of sp³-hybridized carbons (Fsp3) is 0.526. The summed E-state index contributed by atoms with van der Waals surface area (Å²) in [6.07, 6.45) is 2.92. The van der Waals surface area contributed by atoms with Gasteiger partial charge >= 0.3 is 0 Å². The molecule has 27 heavy (non-hydrogen) atoms. The first-order chi connectivity index (χ1) is 13.2. The van der Waals surface area contributed by atoms with Crippen LogP contribution in [0.3, 0.4) is 0 Å². The number of fused-ring (bicyclic) bond motifs is 1. The zero-order valence-electron chi connectivity index (χ0n) is 15.2. The number of nitrogens with one attached hydrogen (secondary N) is 2. The molecule has 1 aromatic heterocycles. The highest BCUT2D eigenvalue weighted by Crippen LogP contribution is 2.25. The number of carbonyl (C=O) groups excluding carboxylic acids is 1. The molecule has 2 N–H and O–H groups in total. The van der Waals surface area contributed by atoms with E-state index in [0.29, 0.717) is 31.1 Å². The van der Waals surface area contributed by atoms with E-state index in [1.54, 1.807) is 0 Å². The molecule has 4 rings (SSSR count). The Kier molecular flexibility index (Phi) is 5.71. The Bertz CT molecular complexity index is 825. The molecule has 2 aromatic rings. The number of anilines is 1. The largest absolute Gasteiger partial charge is 0.376 e. The van der Waals surface area contributed by atoms with Crippen LogP contribution in [0, 0.1) is 0 Å². The summed E-state index contributed by atoms with van der Waals surface area (Å²) in [5, 5.41) is 7.94. The highest BCUT2D eigenvalue weighted by Gasteiger charge is 2.18. The Labute approximate surface area is 163 Å². The average Bonchev–Trinajstić information content (AvgIpc) is 3.09. The molecule has 0 saturated carbocycles. The summed E-state index contributed by atoms with van der Waals surface area (Å²) in [6.45, 7) is 4.33. The maximum Gasteiger partial charge on any atom is 0.221 e. The highest BCUT2D eigenvalue weighted by molar-refractivity contribution is 6.31. The second kappa shape index (κ2) is 8.37. The van der Waals surface area contributed by atoms with E-state index < -0.39 is 0 Å². The van der Waals surface area contributed by atoms with Crippen molar-refractivity contribution in [2.45, 2.75) is 31.9 Å². The van der Waals surface area contributed by atoms with Crippen LogP contribution in [0.5, 0.6) is 0 Å². The highest BCUT2D eigenvalue weighted by atomic mass is 35.5. The van der Waals surface area contributed by atoms with Crippen LogP contribution in [-0.2, 0) is 16.1 Å². The van der Waals surface area contributed by atoms with E-state index in [9.17, 15) is 4.79 Å². The molecule has 3 heterocycles. The zero-order valence-corrected chi connectivity index (χ0v) is 16.0. The Morgan fingerprint density at radius 3 is 3.11 bits per heavy atom. The van der Waals surface area contributed by atoms with Crippen molar-refractivity contribution in [1.82, 2.24) is 20.2 Å². The number of carbonyl (C=O) groups is 1. The molecule has 0 radical (unpaired) electrons. The van der Waals surface area contributed by atoms with E-state index in [4.69, 9.17) is 26.3 Å². The van der Waals surface area contributed by atoms with E-state index in [-0.39, 0.29) is 12.0 Å². The van der Waals surface area contributed by atoms with Gasteiger partial charge in [-0.25, -0.2) is 9.97 Å². The van der Waals surface area contributed by atoms with Crippen molar-refractivity contribution in [3.8, 4) is 0 Å². The molecule has 7 nitrogen and oxygen atoms in total. The molecule has 144 valence electrons. The second-order valence-electron chi connectivity index (χ2n) is 7.04. The fourth-order valence-electron chi connectivity index (χ4n) is 3.54. The number of hydrogen-bond acceptors (Lipinski definition) is 6. The van der Waals surface area contributed by atoms with E-state index in [2.05, 4.69) is 15.5 Å². The third-order valence-electron chi connectivity index (χ3n) is 5.00. The van der Waals surface area contributed by atoms with Crippen molar-refractivity contribution >= 4 is 34.2 Å². The van der Waals surface area contributed by atoms with Crippen molar-refractivity contribution in [2.24, 2.45) is 0 Å². The first kappa shape index (κ1) is 18.4. The van der Waals surface area contributed by atoms with Crippen molar-refractivity contribution in [3.63, 3.8) is 0 Å². The lowest BCUT2D eigenvalue weighted by molar-refractivity contribution is -0.120. The Morgan fingerprint density at radius 1 is 1.33 bits per heavy atom. The normalized spacial score (nSPS) is 21.2. The lowest BCUT2D eigenvalue weighted by atomic mass is 10.2. The molecule has 2 saturated heterocycles. The van der Waals surface area contributed by atoms with Gasteiger partial charge in [0.2, 0.25) is 5.91 Å². The number of benzene rings is 1. The van der Waals surface area contributed by atoms with E-state index >= 15 is 0 Å². The Morgan fingerprint density at radius 2 is 2.26 bits per heavy atom. The van der Waals surface area contributed by atoms with Gasteiger partial charge in [-0.3, -0.25) is 9.69 Å². The van der Waals surface area contributed by atoms with Gasteiger partial charge in [0.05, 0.1) is 18.2 Å². The third-order valence-corrected chi connectivity index (χ3v) is 5.23. The van der Waals surface area contributed by atoms with Crippen molar-refractivity contribution < 1.29 is 9.53 Å². The summed E-state index contributed by atoms with van der Waals surface area (Å²) >= 11 is 6.18. The van der Waals surface area contributed by atoms with Gasteiger partial charge in [-0.05, 0) is 31.0 Å². The van der Waals surface area contributed by atoms with E-state index in [0.717, 1.165) is 55.1 Å². The third kappa shape index (κ3) is 4.66. The predicted molar refractivity (Wildman–Crippen MR) is 105 cm³/mol. The van der Waals surface area contributed by atoms with Crippen LogP contribution in [0.1, 0.15) is 25.1 Å². The monoisotopic (exact) mass is 389 g/mol. The molecule has 2 aliphatic rings. The number of aromatic nitrogens is 2. The molecule has 0 spiro atoms. The standard InChI is InChI=1S/C19H24ClN5O2/c20-13-3-4-15-16(10-13)23-17(12-25-7-5-18(26)21-6-8-25)24-19(15)22-11-14-2-1-9-27-14/h3-4,10,14H,1-2,5-9,11-12H2,(H,21,26)(H,22,23,24). The summed E-state index contributed by atoms with van der Waals surface area (Å²) in [4.78, 5) is 23.2. The molecule has 1 aromatic carbocycles. The quantitative estimate of drug-likeness (QED) is 0.816. The SMILES string of the molecule is O=C1CCN(Cc2nc(NCC3CCCO3)c3ccc(Cl)cc3n2)CCN1. The number of amides is 1. The van der Waals surface area contributed by atoms with Crippen LogP contribution in [0.4, 0.5) is 5.82 Å². The van der Waals surface area contributed by atoms with Gasteiger partial charge in [0.15, 0.2) is 0 Å². The van der Waals surface area contributed by atoms with Gasteiger partial charge in [-0.1, -0.05) is 11.6 Å². The molecule has 0 aliphatic carbocycles. The van der Waals surface area contributed by atoms with Crippen LogP contribution < -0.4 is 10.6 Å². The molecule has 0 bridgehead atoms. The Balaban J connectivity index is 1.56. The van der Waals surface area contributed by atoms with Crippen molar-refractivity contribution in [3.05, 3.63) is 29.0 Å². The zero-order chi connectivity index (χ0) is 18.6. The molecule has 2 fully saturated rings. The lowest BCUT2D eigenvalue weighted by Crippen LogP contribution is -2.29. The summed E-state index contributed by atoms with van der Waals surface area (Å²) in [5.41, 5.74) is 0.825. The summed E-state index contributed by atoms with van der Waals surface area (Å²) in [5.74, 6) is 1.64. The maximum atomic E-state index is 11.6. The van der Waals surface area contributed by atoms with Crippen molar-refractivity contribution in [2.75, 3.05) is 38.1 Å². The lowest BCUT2D eigenvalue weighted by Gasteiger charge is -2.19. The van der Waals surface area contributed by atoms with Crippen LogP contribution >= 0.6 is 11.6 Å². The van der Waals surface area contributed by atoms with E-state index in [1.807, 2.05) is 18.2 Å². The van der Waals surface area contributed by atoms with Gasteiger partial charge in [-0.15, -0.1) is 0 Å². The molecular weight excluding hydrogens is 366 g/mol. The smallest absolute Gasteiger partial charge is 0.221 e. The van der Waals surface area contributed by atoms with Crippen LogP contribution in [0.15, 0.2) is 18.2 Å². The van der Waals surface area contributed by atoms with Crippen molar-refractivity contribution in [1.29, 1.82) is 0 Å². The average molecular weight is 390 g/mol. The second-order valence-corrected chi connectivity index (χ2v) is 7.48. The molecule has 1 unspecified atom stereocenters. The Hall–Kier alpha value is -1.96. The van der Waals surface area contributed by atoms with Gasteiger partial charge in [0, 0.05) is 49.6 Å². The minimum absolute atomic E-state index is 0.0997. The molecule has 8 heteroatoms. The molecular formula is C19H24ClN5O2. The van der Waals surface area contributed by atoms with Gasteiger partial charge < -0.3 is 15.4 Å². The summed E-state index contributed by atoms with van der Waals surface area (Å²) in [7, 11) is 0. The number of hydrogen-bond donors (Lipinski definition) is 2. The minimum Gasteiger partial charge on any atom is -0.376 e. The predicted octanol–water partition coefficient (Wildman–Crippen LogP) is 2.20. The van der Waals surface area contributed by atoms with Gasteiger partial charge in [-0.2, -0.15) is 0 Å². The number of rotatable bonds is 5. The molecule has 1 amide bonds. The van der Waals surface area contributed by atoms with E-state index in [1.165, 1.54) is 0 Å². The summed E-state index contributed by atoms with van der Waals surface area (Å²) < 4.78 is 5.71.